The van der Waals surface area contributed by atoms with Gasteiger partial charge in [-0.05, 0) is 12.1 Å². The Hall–Kier alpha value is -2.96. The summed E-state index contributed by atoms with van der Waals surface area (Å²) in [6.45, 7) is 0. The molecule has 1 aromatic carbocycles. The molecule has 112 valence electrons. The Morgan fingerprint density at radius 1 is 1.00 bits per heavy atom. The minimum atomic E-state index is -0.385. The number of nitrogens with zero attached hydrogens (tertiary/aromatic N) is 5. The second-order valence-corrected chi connectivity index (χ2v) is 5.27. The normalized spacial score (nSPS) is 11.0. The zero-order valence-corrected chi connectivity index (χ0v) is 12.4. The molecular formula is C15H17N5O2+2. The van der Waals surface area contributed by atoms with Gasteiger partial charge in [0.05, 0.1) is 19.0 Å². The summed E-state index contributed by atoms with van der Waals surface area (Å²) in [6.07, 6.45) is 11.7. The topological polar surface area (TPSA) is 60.8 Å². The van der Waals surface area contributed by atoms with Crippen LogP contribution in [0.1, 0.15) is 11.7 Å². The van der Waals surface area contributed by atoms with Crippen molar-refractivity contribution in [3.63, 3.8) is 0 Å². The first-order chi connectivity index (χ1) is 10.5. The van der Waals surface area contributed by atoms with Crippen LogP contribution in [0.2, 0.25) is 0 Å². The standard InChI is InChI=1S/C15H17N5O2/c1-16-7-9-18(11-16)15(19-10-8-17(2)12-19)13-3-5-14(6-4-13)20(21)22/h3-12,15H,1-2H3/q+2. The Bertz CT molecular complexity index is 763. The molecule has 0 radical (unpaired) electrons. The number of rotatable bonds is 4. The van der Waals surface area contributed by atoms with E-state index in [1.54, 1.807) is 12.1 Å². The van der Waals surface area contributed by atoms with Crippen LogP contribution in [-0.4, -0.2) is 14.1 Å². The van der Waals surface area contributed by atoms with E-state index in [9.17, 15) is 10.1 Å². The number of aromatic nitrogens is 4. The summed E-state index contributed by atoms with van der Waals surface area (Å²) in [5, 5.41) is 10.8. The number of nitro benzene ring substituents is 1. The molecule has 7 heteroatoms. The van der Waals surface area contributed by atoms with Gasteiger partial charge in [-0.25, -0.2) is 9.13 Å². The molecule has 2 heterocycles. The largest absolute Gasteiger partial charge is 0.269 e. The number of imidazole rings is 2. The Kier molecular flexibility index (Phi) is 3.46. The predicted octanol–water partition coefficient (Wildman–Crippen LogP) is 0.942. The van der Waals surface area contributed by atoms with E-state index in [1.165, 1.54) is 12.1 Å². The van der Waals surface area contributed by atoms with Crippen LogP contribution < -0.4 is 9.13 Å². The molecule has 22 heavy (non-hydrogen) atoms. The van der Waals surface area contributed by atoms with E-state index in [0.29, 0.717) is 0 Å². The zero-order valence-electron chi connectivity index (χ0n) is 12.4. The Morgan fingerprint density at radius 2 is 1.50 bits per heavy atom. The molecule has 0 saturated carbocycles. The van der Waals surface area contributed by atoms with Gasteiger partial charge in [0.15, 0.2) is 0 Å². The molecule has 0 aliphatic carbocycles. The van der Waals surface area contributed by atoms with Crippen LogP contribution in [0.15, 0.2) is 61.7 Å². The van der Waals surface area contributed by atoms with Crippen LogP contribution in [0.25, 0.3) is 0 Å². The molecule has 0 fully saturated rings. The quantitative estimate of drug-likeness (QED) is 0.409. The maximum absolute atomic E-state index is 10.8. The van der Waals surface area contributed by atoms with E-state index in [-0.39, 0.29) is 16.8 Å². The third kappa shape index (κ3) is 2.60. The van der Waals surface area contributed by atoms with E-state index in [0.717, 1.165) is 5.56 Å². The average molecular weight is 299 g/mol. The molecule has 0 amide bonds. The molecule has 0 aliphatic heterocycles. The molecule has 0 spiro atoms. The number of hydrogen-bond donors (Lipinski definition) is 0. The molecule has 3 aromatic rings. The third-order valence-corrected chi connectivity index (χ3v) is 3.55. The maximum atomic E-state index is 10.8. The third-order valence-electron chi connectivity index (χ3n) is 3.55. The highest BCUT2D eigenvalue weighted by Crippen LogP contribution is 2.22. The molecule has 0 saturated heterocycles. The van der Waals surface area contributed by atoms with Crippen LogP contribution in [0.3, 0.4) is 0 Å². The zero-order chi connectivity index (χ0) is 15.7. The summed E-state index contributed by atoms with van der Waals surface area (Å²) in [4.78, 5) is 10.4. The lowest BCUT2D eigenvalue weighted by Crippen LogP contribution is -2.28. The van der Waals surface area contributed by atoms with Crippen molar-refractivity contribution in [2.24, 2.45) is 14.1 Å². The van der Waals surface area contributed by atoms with Crippen molar-refractivity contribution >= 4 is 5.69 Å². The molecule has 0 bridgehead atoms. The molecule has 0 N–H and O–H groups in total. The van der Waals surface area contributed by atoms with Gasteiger partial charge in [-0.15, -0.1) is 0 Å². The molecule has 0 aliphatic rings. The van der Waals surface area contributed by atoms with Gasteiger partial charge in [-0.1, -0.05) is 0 Å². The fraction of sp³-hybridized carbons (Fsp3) is 0.200. The van der Waals surface area contributed by atoms with E-state index < -0.39 is 0 Å². The van der Waals surface area contributed by atoms with Gasteiger partial charge >= 0.3 is 0 Å². The number of aryl methyl sites for hydroxylation is 2. The SMILES string of the molecule is C[n+]1ccn(C(c2ccc([N+](=O)[O-])cc2)n2cc[n+](C)c2)c1. The van der Waals surface area contributed by atoms with E-state index in [1.807, 2.05) is 60.7 Å². The molecule has 2 aromatic heterocycles. The van der Waals surface area contributed by atoms with Crippen LogP contribution in [-0.2, 0) is 14.1 Å². The summed E-state index contributed by atoms with van der Waals surface area (Å²) in [6, 6.07) is 6.66. The first-order valence-corrected chi connectivity index (χ1v) is 6.84. The summed E-state index contributed by atoms with van der Waals surface area (Å²) < 4.78 is 8.03. The van der Waals surface area contributed by atoms with Crippen LogP contribution in [0, 0.1) is 10.1 Å². The highest BCUT2D eigenvalue weighted by atomic mass is 16.6. The fourth-order valence-electron chi connectivity index (χ4n) is 2.49. The lowest BCUT2D eigenvalue weighted by Gasteiger charge is -2.10. The fourth-order valence-corrected chi connectivity index (χ4v) is 2.49. The average Bonchev–Trinajstić information content (AvgIpc) is 3.09. The molecule has 0 atom stereocenters. The van der Waals surface area contributed by atoms with Crippen molar-refractivity contribution in [1.29, 1.82) is 0 Å². The Morgan fingerprint density at radius 3 is 1.86 bits per heavy atom. The lowest BCUT2D eigenvalue weighted by molar-refractivity contribution is -0.672. The summed E-state index contributed by atoms with van der Waals surface area (Å²) >= 11 is 0. The van der Waals surface area contributed by atoms with Crippen molar-refractivity contribution in [3.05, 3.63) is 77.4 Å². The Balaban J connectivity index is 2.07. The number of nitro groups is 1. The number of hydrogen-bond acceptors (Lipinski definition) is 2. The number of benzene rings is 1. The van der Waals surface area contributed by atoms with Crippen LogP contribution in [0.4, 0.5) is 5.69 Å². The van der Waals surface area contributed by atoms with Crippen molar-refractivity contribution in [1.82, 2.24) is 9.13 Å². The molecule has 7 nitrogen and oxygen atoms in total. The van der Waals surface area contributed by atoms with Gasteiger partial charge in [0.25, 0.3) is 11.9 Å². The second kappa shape index (κ2) is 5.44. The highest BCUT2D eigenvalue weighted by Gasteiger charge is 2.26. The summed E-state index contributed by atoms with van der Waals surface area (Å²) in [5.41, 5.74) is 1.07. The van der Waals surface area contributed by atoms with Gasteiger partial charge in [-0.2, -0.15) is 9.13 Å². The van der Waals surface area contributed by atoms with E-state index >= 15 is 0 Å². The molecular weight excluding hydrogens is 282 g/mol. The van der Waals surface area contributed by atoms with Crippen molar-refractivity contribution in [2.75, 3.05) is 0 Å². The number of non-ortho nitro benzene ring substituents is 1. The van der Waals surface area contributed by atoms with Crippen LogP contribution >= 0.6 is 0 Å². The summed E-state index contributed by atoms with van der Waals surface area (Å²) in [7, 11) is 3.91. The van der Waals surface area contributed by atoms with Gasteiger partial charge in [0.2, 0.25) is 12.7 Å². The second-order valence-electron chi connectivity index (χ2n) is 5.27. The van der Waals surface area contributed by atoms with Crippen molar-refractivity contribution in [2.45, 2.75) is 6.17 Å². The van der Waals surface area contributed by atoms with Gasteiger partial charge < -0.3 is 0 Å². The maximum Gasteiger partial charge on any atom is 0.269 e. The molecule has 0 unspecified atom stereocenters. The first-order valence-electron chi connectivity index (χ1n) is 6.84. The van der Waals surface area contributed by atoms with Gasteiger partial charge in [-0.3, -0.25) is 10.1 Å². The predicted molar refractivity (Wildman–Crippen MR) is 77.8 cm³/mol. The van der Waals surface area contributed by atoms with Gasteiger partial charge in [0, 0.05) is 17.7 Å². The van der Waals surface area contributed by atoms with Crippen LogP contribution in [0.5, 0.6) is 0 Å². The monoisotopic (exact) mass is 299 g/mol. The van der Waals surface area contributed by atoms with Crippen molar-refractivity contribution < 1.29 is 14.1 Å². The minimum absolute atomic E-state index is 0.0943. The van der Waals surface area contributed by atoms with E-state index in [2.05, 4.69) is 9.13 Å². The van der Waals surface area contributed by atoms with Gasteiger partial charge in [0.1, 0.15) is 24.8 Å². The summed E-state index contributed by atoms with van der Waals surface area (Å²) in [5.74, 6) is 0. The highest BCUT2D eigenvalue weighted by molar-refractivity contribution is 5.34. The minimum Gasteiger partial charge on any atom is -0.258 e. The smallest absolute Gasteiger partial charge is 0.258 e. The first kappa shape index (κ1) is 14.0. The lowest BCUT2D eigenvalue weighted by atomic mass is 10.1. The molecule has 3 rings (SSSR count). The van der Waals surface area contributed by atoms with Crippen molar-refractivity contribution in [3.8, 4) is 0 Å². The van der Waals surface area contributed by atoms with E-state index in [4.69, 9.17) is 0 Å². The Labute approximate surface area is 127 Å².